The van der Waals surface area contributed by atoms with E-state index in [1.807, 2.05) is 19.1 Å². The molecule has 4 heteroatoms. The highest BCUT2D eigenvalue weighted by molar-refractivity contribution is 7.89. The van der Waals surface area contributed by atoms with Crippen LogP contribution in [0.25, 0.3) is 0 Å². The summed E-state index contributed by atoms with van der Waals surface area (Å²) in [5.41, 5.74) is 3.31. The average molecular weight is 362 g/mol. The Morgan fingerprint density at radius 1 is 1.20 bits per heavy atom. The summed E-state index contributed by atoms with van der Waals surface area (Å²) in [5, 5.41) is 0. The second-order valence-electron chi connectivity index (χ2n) is 6.89. The molecule has 1 aromatic carbocycles. The molecule has 0 aliphatic carbocycles. The lowest BCUT2D eigenvalue weighted by Crippen LogP contribution is -2.41. The Labute approximate surface area is 153 Å². The normalized spacial score (nSPS) is 21.5. The zero-order valence-electron chi connectivity index (χ0n) is 15.8. The van der Waals surface area contributed by atoms with Gasteiger partial charge in [-0.15, -0.1) is 0 Å². The molecule has 3 nitrogen and oxygen atoms in total. The van der Waals surface area contributed by atoms with E-state index in [0.717, 1.165) is 55.2 Å². The fraction of sp³-hybridized carbons (Fsp3) is 0.524. The molecule has 1 heterocycles. The third-order valence-electron chi connectivity index (χ3n) is 4.81. The van der Waals surface area contributed by atoms with E-state index in [1.165, 1.54) is 0 Å². The van der Waals surface area contributed by atoms with Crippen molar-refractivity contribution >= 4 is 10.0 Å². The van der Waals surface area contributed by atoms with E-state index >= 15 is 0 Å². The number of hydrogen-bond donors (Lipinski definition) is 0. The van der Waals surface area contributed by atoms with Gasteiger partial charge in [-0.3, -0.25) is 0 Å². The first-order chi connectivity index (χ1) is 11.9. The van der Waals surface area contributed by atoms with Crippen LogP contribution < -0.4 is 0 Å². The van der Waals surface area contributed by atoms with Crippen molar-refractivity contribution in [2.75, 3.05) is 6.54 Å². The summed E-state index contributed by atoms with van der Waals surface area (Å²) in [6, 6.07) is 7.09. The largest absolute Gasteiger partial charge is 0.243 e. The van der Waals surface area contributed by atoms with Crippen molar-refractivity contribution < 1.29 is 8.42 Å². The van der Waals surface area contributed by atoms with Crippen molar-refractivity contribution in [1.82, 2.24) is 4.31 Å². The summed E-state index contributed by atoms with van der Waals surface area (Å²) >= 11 is 0. The van der Waals surface area contributed by atoms with Gasteiger partial charge >= 0.3 is 0 Å². The lowest BCUT2D eigenvalue weighted by atomic mass is 9.94. The maximum atomic E-state index is 13.3. The maximum absolute atomic E-state index is 13.3. The number of allylic oxidation sites excluding steroid dienone is 1. The predicted molar refractivity (Wildman–Crippen MR) is 105 cm³/mol. The third-order valence-corrected chi connectivity index (χ3v) is 6.74. The van der Waals surface area contributed by atoms with Crippen molar-refractivity contribution in [2.24, 2.45) is 0 Å². The van der Waals surface area contributed by atoms with Gasteiger partial charge in [-0.1, -0.05) is 62.6 Å². The second-order valence-corrected chi connectivity index (χ2v) is 8.78. The van der Waals surface area contributed by atoms with E-state index < -0.39 is 10.0 Å². The van der Waals surface area contributed by atoms with Gasteiger partial charge in [0.1, 0.15) is 0 Å². The van der Waals surface area contributed by atoms with Gasteiger partial charge in [0.05, 0.1) is 4.90 Å². The van der Waals surface area contributed by atoms with E-state index in [9.17, 15) is 8.42 Å². The summed E-state index contributed by atoms with van der Waals surface area (Å²) < 4.78 is 28.4. The molecule has 25 heavy (non-hydrogen) atoms. The lowest BCUT2D eigenvalue weighted by molar-refractivity contribution is 0.343. The average Bonchev–Trinajstić information content (AvgIpc) is 2.73. The molecule has 1 aliphatic heterocycles. The van der Waals surface area contributed by atoms with Crippen LogP contribution in [0.1, 0.15) is 57.9 Å². The Kier molecular flexibility index (Phi) is 7.03. The van der Waals surface area contributed by atoms with Crippen LogP contribution in [0.15, 0.2) is 53.0 Å². The molecule has 138 valence electrons. The topological polar surface area (TPSA) is 37.4 Å². The quantitative estimate of drug-likeness (QED) is 0.695. The number of rotatable bonds is 6. The zero-order valence-corrected chi connectivity index (χ0v) is 16.6. The number of nitrogens with zero attached hydrogens (tertiary/aromatic N) is 1. The van der Waals surface area contributed by atoms with Gasteiger partial charge in [0.15, 0.2) is 0 Å². The van der Waals surface area contributed by atoms with Crippen LogP contribution >= 0.6 is 0 Å². The molecule has 2 rings (SSSR count). The van der Waals surface area contributed by atoms with Gasteiger partial charge in [-0.05, 0) is 50.3 Å². The summed E-state index contributed by atoms with van der Waals surface area (Å²) in [4.78, 5) is 0.390. The highest BCUT2D eigenvalue weighted by atomic mass is 32.2. The number of unbranched alkanes of at least 4 members (excludes halogenated alkanes) is 1. The van der Waals surface area contributed by atoms with E-state index in [1.54, 1.807) is 16.4 Å². The molecule has 0 bridgehead atoms. The van der Waals surface area contributed by atoms with E-state index in [0.29, 0.717) is 11.4 Å². The fourth-order valence-electron chi connectivity index (χ4n) is 3.43. The molecule has 0 aromatic heterocycles. The molecule has 1 atom stereocenters. The van der Waals surface area contributed by atoms with Crippen molar-refractivity contribution in [2.45, 2.75) is 70.2 Å². The van der Waals surface area contributed by atoms with Crippen LogP contribution in [0.5, 0.6) is 0 Å². The molecular weight excluding hydrogens is 330 g/mol. The van der Waals surface area contributed by atoms with Gasteiger partial charge in [0, 0.05) is 12.6 Å². The second kappa shape index (κ2) is 8.81. The van der Waals surface area contributed by atoms with Crippen molar-refractivity contribution in [1.29, 1.82) is 0 Å². The predicted octanol–water partition coefficient (Wildman–Crippen LogP) is 5.23. The zero-order chi connectivity index (χ0) is 18.4. The molecule has 0 saturated carbocycles. The lowest BCUT2D eigenvalue weighted by Gasteiger charge is -2.31. The minimum Gasteiger partial charge on any atom is -0.207 e. The van der Waals surface area contributed by atoms with Crippen LogP contribution in [0.4, 0.5) is 0 Å². The maximum Gasteiger partial charge on any atom is 0.243 e. The number of sulfonamides is 1. The van der Waals surface area contributed by atoms with Crippen molar-refractivity contribution in [3.8, 4) is 0 Å². The Balaban J connectivity index is 2.48. The van der Waals surface area contributed by atoms with Crippen LogP contribution in [-0.2, 0) is 10.0 Å². The van der Waals surface area contributed by atoms with E-state index in [4.69, 9.17) is 0 Å². The van der Waals surface area contributed by atoms with Gasteiger partial charge in [0.2, 0.25) is 10.0 Å². The molecule has 0 spiro atoms. The standard InChI is InChI=1S/C21H31NO2S/c1-5-7-11-20-18(4)10-8-16-22(21(20)9-6-2)25(23,24)19-14-12-17(3)13-15-19/h11-15,21H,4-10,16H2,1-3H3/b20-11+. The first kappa shape index (κ1) is 19.9. The summed E-state index contributed by atoms with van der Waals surface area (Å²) in [5.74, 6) is 0. The van der Waals surface area contributed by atoms with Crippen LogP contribution in [-0.4, -0.2) is 25.3 Å². The highest BCUT2D eigenvalue weighted by Crippen LogP contribution is 2.33. The molecule has 0 amide bonds. The number of hydrogen-bond acceptors (Lipinski definition) is 2. The van der Waals surface area contributed by atoms with Crippen LogP contribution in [0.2, 0.25) is 0 Å². The highest BCUT2D eigenvalue weighted by Gasteiger charge is 2.35. The monoisotopic (exact) mass is 361 g/mol. The first-order valence-electron chi connectivity index (χ1n) is 9.38. The summed E-state index contributed by atoms with van der Waals surface area (Å²) in [6.07, 6.45) is 7.71. The van der Waals surface area contributed by atoms with Crippen molar-refractivity contribution in [3.63, 3.8) is 0 Å². The minimum absolute atomic E-state index is 0.0992. The summed E-state index contributed by atoms with van der Waals surface area (Å²) in [6.45, 7) is 11.0. The molecule has 1 aromatic rings. The number of aryl methyl sites for hydroxylation is 1. The first-order valence-corrected chi connectivity index (χ1v) is 10.8. The SMILES string of the molecule is C=C1CCCN(S(=O)(=O)c2ccc(C)cc2)C(CCC)/C1=C/CCC. The van der Waals surface area contributed by atoms with E-state index in [2.05, 4.69) is 26.5 Å². The third kappa shape index (κ3) is 4.62. The smallest absolute Gasteiger partial charge is 0.207 e. The number of benzene rings is 1. The van der Waals surface area contributed by atoms with Gasteiger partial charge in [0.25, 0.3) is 0 Å². The molecule has 1 unspecified atom stereocenters. The van der Waals surface area contributed by atoms with Gasteiger partial charge < -0.3 is 0 Å². The molecule has 0 radical (unpaired) electrons. The van der Waals surface area contributed by atoms with E-state index in [-0.39, 0.29) is 6.04 Å². The Morgan fingerprint density at radius 3 is 2.48 bits per heavy atom. The van der Waals surface area contributed by atoms with Crippen molar-refractivity contribution in [3.05, 3.63) is 53.6 Å². The Bertz CT molecular complexity index is 717. The summed E-state index contributed by atoms with van der Waals surface area (Å²) in [7, 11) is -3.50. The Morgan fingerprint density at radius 2 is 1.88 bits per heavy atom. The molecule has 0 N–H and O–H groups in total. The molecule has 1 saturated heterocycles. The van der Waals surface area contributed by atoms with Gasteiger partial charge in [-0.25, -0.2) is 8.42 Å². The fourth-order valence-corrected chi connectivity index (χ4v) is 5.10. The molecular formula is C21H31NO2S. The molecule has 1 fully saturated rings. The van der Waals surface area contributed by atoms with Crippen LogP contribution in [0.3, 0.4) is 0 Å². The van der Waals surface area contributed by atoms with Gasteiger partial charge in [-0.2, -0.15) is 4.31 Å². The Hall–Kier alpha value is -1.39. The minimum atomic E-state index is -3.50. The molecule has 1 aliphatic rings. The van der Waals surface area contributed by atoms with Crippen LogP contribution in [0, 0.1) is 6.92 Å².